The van der Waals surface area contributed by atoms with E-state index in [-0.39, 0.29) is 38.9 Å². The number of hydrogen-bond acceptors (Lipinski definition) is 9. The molecule has 1 aliphatic rings. The van der Waals surface area contributed by atoms with E-state index in [0.29, 0.717) is 34.0 Å². The van der Waals surface area contributed by atoms with E-state index in [0.717, 1.165) is 4.90 Å². The van der Waals surface area contributed by atoms with Crippen LogP contribution < -0.4 is 20.1 Å². The van der Waals surface area contributed by atoms with Crippen molar-refractivity contribution >= 4 is 41.2 Å². The summed E-state index contributed by atoms with van der Waals surface area (Å²) in [5.74, 6) is -1.07. The number of imide groups is 1. The van der Waals surface area contributed by atoms with E-state index in [4.69, 9.17) is 24.7 Å². The first-order valence-electron chi connectivity index (χ1n) is 12.7. The van der Waals surface area contributed by atoms with Crippen LogP contribution in [0.5, 0.6) is 11.5 Å². The zero-order valence-corrected chi connectivity index (χ0v) is 22.7. The molecule has 0 bridgehead atoms. The molecular weight excluding hydrogens is 504 g/mol. The number of nitrogen functional groups attached to an aromatic ring is 1. The second-order valence-corrected chi connectivity index (χ2v) is 8.90. The Hall–Kier alpha value is -4.34. The third kappa shape index (κ3) is 6.39. The molecular formula is C29H34N2O8. The van der Waals surface area contributed by atoms with Crippen LogP contribution in [0.1, 0.15) is 50.7 Å². The molecule has 1 aliphatic heterocycles. The van der Waals surface area contributed by atoms with Crippen LogP contribution in [0.15, 0.2) is 42.5 Å². The van der Waals surface area contributed by atoms with Gasteiger partial charge in [-0.3, -0.25) is 19.2 Å². The van der Waals surface area contributed by atoms with Crippen molar-refractivity contribution in [2.75, 3.05) is 38.1 Å². The Labute approximate surface area is 227 Å². The van der Waals surface area contributed by atoms with Crippen molar-refractivity contribution in [1.29, 1.82) is 0 Å². The van der Waals surface area contributed by atoms with E-state index in [1.54, 1.807) is 56.3 Å². The largest absolute Gasteiger partial charge is 0.493 e. The van der Waals surface area contributed by atoms with Crippen molar-refractivity contribution in [2.24, 2.45) is 0 Å². The summed E-state index contributed by atoms with van der Waals surface area (Å²) in [5.41, 5.74) is 6.60. The number of methoxy groups -OCH3 is 2. The van der Waals surface area contributed by atoms with E-state index < -0.39 is 29.2 Å². The van der Waals surface area contributed by atoms with Gasteiger partial charge in [-0.25, -0.2) is 4.90 Å². The minimum atomic E-state index is -1.35. The smallest absolute Gasteiger partial charge is 0.305 e. The van der Waals surface area contributed by atoms with Gasteiger partial charge in [-0.05, 0) is 74.2 Å². The molecule has 2 aromatic carbocycles. The lowest BCUT2D eigenvalue weighted by molar-refractivity contribution is -0.143. The standard InChI is InChI=1S/C29H34N2O8/c1-5-38-26(33)13-15-29(16-14-27(34)39-6-2)21-18-20(30)9-10-22(21)31(28(29)35)25(32)12-8-19-7-11-23(36-3)24(17-19)37-4/h7-12,17-18H,5-6,13-16,30H2,1-4H3. The Kier molecular flexibility index (Phi) is 9.70. The monoisotopic (exact) mass is 538 g/mol. The van der Waals surface area contributed by atoms with Crippen LogP contribution in [-0.2, 0) is 34.1 Å². The Balaban J connectivity index is 2.00. The summed E-state index contributed by atoms with van der Waals surface area (Å²) in [6, 6.07) is 9.96. The molecule has 2 amide bonds. The van der Waals surface area contributed by atoms with Gasteiger partial charge in [0.05, 0.1) is 38.5 Å². The third-order valence-electron chi connectivity index (χ3n) is 6.56. The molecule has 0 saturated heterocycles. The maximum absolute atomic E-state index is 14.1. The minimum Gasteiger partial charge on any atom is -0.493 e. The lowest BCUT2D eigenvalue weighted by Crippen LogP contribution is -2.43. The molecule has 1 heterocycles. The van der Waals surface area contributed by atoms with Gasteiger partial charge < -0.3 is 24.7 Å². The molecule has 2 aromatic rings. The number of anilines is 2. The van der Waals surface area contributed by atoms with Crippen LogP contribution in [0.4, 0.5) is 11.4 Å². The zero-order chi connectivity index (χ0) is 28.6. The van der Waals surface area contributed by atoms with Crippen LogP contribution in [0, 0.1) is 0 Å². The van der Waals surface area contributed by atoms with Gasteiger partial charge >= 0.3 is 11.9 Å². The van der Waals surface area contributed by atoms with Crippen molar-refractivity contribution in [3.8, 4) is 11.5 Å². The fourth-order valence-corrected chi connectivity index (χ4v) is 4.69. The molecule has 0 atom stereocenters. The number of benzene rings is 2. The number of nitrogens with two attached hydrogens (primary N) is 1. The molecule has 0 fully saturated rings. The number of hydrogen-bond donors (Lipinski definition) is 1. The zero-order valence-electron chi connectivity index (χ0n) is 22.7. The van der Waals surface area contributed by atoms with E-state index in [2.05, 4.69) is 0 Å². The summed E-state index contributed by atoms with van der Waals surface area (Å²) in [4.78, 5) is 53.2. The molecule has 0 aromatic heterocycles. The highest BCUT2D eigenvalue weighted by atomic mass is 16.5. The summed E-state index contributed by atoms with van der Waals surface area (Å²) in [7, 11) is 3.03. The summed E-state index contributed by atoms with van der Waals surface area (Å²) in [5, 5.41) is 0. The maximum atomic E-state index is 14.1. The summed E-state index contributed by atoms with van der Waals surface area (Å²) >= 11 is 0. The van der Waals surface area contributed by atoms with Crippen LogP contribution in [-0.4, -0.2) is 51.2 Å². The molecule has 0 unspecified atom stereocenters. The number of nitrogens with zero attached hydrogens (tertiary/aromatic N) is 1. The number of fused-ring (bicyclic) bond motifs is 1. The quantitative estimate of drug-likeness (QED) is 0.243. The van der Waals surface area contributed by atoms with E-state index in [1.807, 2.05) is 0 Å². The molecule has 0 aliphatic carbocycles. The first kappa shape index (κ1) is 29.2. The van der Waals surface area contributed by atoms with Gasteiger partial charge in [0.1, 0.15) is 0 Å². The van der Waals surface area contributed by atoms with Gasteiger partial charge in [0.25, 0.3) is 5.91 Å². The fraction of sp³-hybridized carbons (Fsp3) is 0.379. The van der Waals surface area contributed by atoms with Gasteiger partial charge in [0.2, 0.25) is 5.91 Å². The van der Waals surface area contributed by atoms with Crippen molar-refractivity contribution < 1.29 is 38.1 Å². The average molecular weight is 539 g/mol. The van der Waals surface area contributed by atoms with E-state index >= 15 is 0 Å². The second kappa shape index (κ2) is 12.9. The topological polar surface area (TPSA) is 134 Å². The number of carbonyl (C=O) groups excluding carboxylic acids is 4. The molecule has 0 saturated carbocycles. The van der Waals surface area contributed by atoms with E-state index in [9.17, 15) is 19.2 Å². The van der Waals surface area contributed by atoms with Crippen molar-refractivity contribution in [3.05, 3.63) is 53.6 Å². The minimum absolute atomic E-state index is 0.0314. The Bertz CT molecular complexity index is 1250. The average Bonchev–Trinajstić information content (AvgIpc) is 3.16. The highest BCUT2D eigenvalue weighted by molar-refractivity contribution is 6.26. The highest BCUT2D eigenvalue weighted by Crippen LogP contribution is 2.48. The van der Waals surface area contributed by atoms with Crippen LogP contribution >= 0.6 is 0 Å². The number of rotatable bonds is 12. The molecule has 39 heavy (non-hydrogen) atoms. The first-order chi connectivity index (χ1) is 18.7. The fourth-order valence-electron chi connectivity index (χ4n) is 4.69. The van der Waals surface area contributed by atoms with Crippen LogP contribution in [0.3, 0.4) is 0 Å². The van der Waals surface area contributed by atoms with Gasteiger partial charge in [0.15, 0.2) is 11.5 Å². The molecule has 0 spiro atoms. The third-order valence-corrected chi connectivity index (χ3v) is 6.56. The summed E-state index contributed by atoms with van der Waals surface area (Å²) < 4.78 is 20.7. The van der Waals surface area contributed by atoms with E-state index in [1.165, 1.54) is 20.3 Å². The molecule has 10 heteroatoms. The predicted octanol–water partition coefficient (Wildman–Crippen LogP) is 3.80. The molecule has 3 rings (SSSR count). The number of carbonyl (C=O) groups is 4. The van der Waals surface area contributed by atoms with Crippen LogP contribution in [0.2, 0.25) is 0 Å². The number of amides is 2. The van der Waals surface area contributed by atoms with Crippen molar-refractivity contribution in [3.63, 3.8) is 0 Å². The first-order valence-corrected chi connectivity index (χ1v) is 12.7. The highest BCUT2D eigenvalue weighted by Gasteiger charge is 2.52. The van der Waals surface area contributed by atoms with Gasteiger partial charge in [-0.1, -0.05) is 6.07 Å². The van der Waals surface area contributed by atoms with Crippen molar-refractivity contribution in [1.82, 2.24) is 0 Å². The van der Waals surface area contributed by atoms with Crippen molar-refractivity contribution in [2.45, 2.75) is 44.9 Å². The SMILES string of the molecule is CCOC(=O)CCC1(CCC(=O)OCC)C(=O)N(C(=O)C=Cc2ccc(OC)c(OC)c2)c2ccc(N)cc21. The summed E-state index contributed by atoms with van der Waals surface area (Å²) in [6.07, 6.45) is 2.74. The maximum Gasteiger partial charge on any atom is 0.305 e. The van der Waals surface area contributed by atoms with Gasteiger partial charge in [-0.15, -0.1) is 0 Å². The molecule has 0 radical (unpaired) electrons. The number of esters is 2. The Morgan fingerprint density at radius 3 is 2.08 bits per heavy atom. The number of ether oxygens (including phenoxy) is 4. The summed E-state index contributed by atoms with van der Waals surface area (Å²) in [6.45, 7) is 3.77. The molecule has 2 N–H and O–H groups in total. The van der Waals surface area contributed by atoms with Gasteiger partial charge in [-0.2, -0.15) is 0 Å². The normalized spacial score (nSPS) is 13.7. The van der Waals surface area contributed by atoms with Crippen LogP contribution in [0.25, 0.3) is 6.08 Å². The Morgan fingerprint density at radius 2 is 1.51 bits per heavy atom. The lowest BCUT2D eigenvalue weighted by atomic mass is 9.74. The van der Waals surface area contributed by atoms with Gasteiger partial charge in [0, 0.05) is 24.6 Å². The lowest BCUT2D eigenvalue weighted by Gasteiger charge is -2.28. The molecule has 10 nitrogen and oxygen atoms in total. The predicted molar refractivity (Wildman–Crippen MR) is 145 cm³/mol. The molecule has 208 valence electrons. The Morgan fingerprint density at radius 1 is 0.897 bits per heavy atom. The second-order valence-electron chi connectivity index (χ2n) is 8.90.